The number of rotatable bonds is 10. The molecule has 0 aliphatic heterocycles. The summed E-state index contributed by atoms with van der Waals surface area (Å²) in [6.45, 7) is 10.4. The van der Waals surface area contributed by atoms with Crippen molar-refractivity contribution in [1.29, 1.82) is 0 Å². The molecule has 0 N–H and O–H groups in total. The van der Waals surface area contributed by atoms with Crippen LogP contribution in [0.3, 0.4) is 0 Å². The van der Waals surface area contributed by atoms with Gasteiger partial charge in [0.05, 0.1) is 13.2 Å². The number of aryl methyl sites for hydroxylation is 2. The Morgan fingerprint density at radius 3 is 2.29 bits per heavy atom. The Morgan fingerprint density at radius 2 is 1.62 bits per heavy atom. The van der Waals surface area contributed by atoms with E-state index >= 15 is 0 Å². The van der Waals surface area contributed by atoms with E-state index in [0.29, 0.717) is 18.4 Å². The first kappa shape index (κ1) is 23.8. The van der Waals surface area contributed by atoms with Crippen molar-refractivity contribution >= 4 is 0 Å². The Morgan fingerprint density at radius 1 is 0.853 bits per heavy atom. The SMILES string of the molecule is Cc1cc(C)cc(C(COc2cc(Cn3cccn3)ccc2Cc2ccccc2)CC(C)C)c1. The molecule has 1 unspecified atom stereocenters. The molecular weight excluding hydrogens is 416 g/mol. The second kappa shape index (κ2) is 11.2. The molecule has 0 bridgehead atoms. The lowest BCUT2D eigenvalue weighted by atomic mass is 9.89. The van der Waals surface area contributed by atoms with E-state index in [0.717, 1.165) is 25.1 Å². The summed E-state index contributed by atoms with van der Waals surface area (Å²) in [7, 11) is 0. The number of hydrogen-bond donors (Lipinski definition) is 0. The van der Waals surface area contributed by atoms with Crippen molar-refractivity contribution in [3.05, 3.63) is 119 Å². The van der Waals surface area contributed by atoms with Gasteiger partial charge in [-0.05, 0) is 60.6 Å². The van der Waals surface area contributed by atoms with Gasteiger partial charge >= 0.3 is 0 Å². The zero-order valence-electron chi connectivity index (χ0n) is 20.9. The van der Waals surface area contributed by atoms with Crippen molar-refractivity contribution < 1.29 is 4.74 Å². The zero-order valence-corrected chi connectivity index (χ0v) is 20.9. The minimum atomic E-state index is 0.359. The minimum absolute atomic E-state index is 0.359. The van der Waals surface area contributed by atoms with E-state index in [1.165, 1.54) is 33.4 Å². The van der Waals surface area contributed by atoms with Gasteiger partial charge in [-0.1, -0.05) is 85.6 Å². The number of aromatic nitrogens is 2. The Bertz CT molecular complexity index is 1160. The van der Waals surface area contributed by atoms with Crippen LogP contribution in [-0.2, 0) is 13.0 Å². The highest BCUT2D eigenvalue weighted by Crippen LogP contribution is 2.30. The molecule has 34 heavy (non-hydrogen) atoms. The van der Waals surface area contributed by atoms with E-state index in [2.05, 4.69) is 99.5 Å². The van der Waals surface area contributed by atoms with Crippen LogP contribution in [0.15, 0.2) is 85.2 Å². The topological polar surface area (TPSA) is 27.1 Å². The first-order valence-corrected chi connectivity index (χ1v) is 12.3. The molecule has 0 aliphatic carbocycles. The summed E-state index contributed by atoms with van der Waals surface area (Å²) < 4.78 is 8.59. The quantitative estimate of drug-likeness (QED) is 0.251. The Kier molecular flexibility index (Phi) is 7.84. The normalized spacial score (nSPS) is 12.1. The fourth-order valence-electron chi connectivity index (χ4n) is 4.68. The maximum Gasteiger partial charge on any atom is 0.123 e. The Hall–Kier alpha value is -3.33. The largest absolute Gasteiger partial charge is 0.493 e. The van der Waals surface area contributed by atoms with E-state index in [9.17, 15) is 0 Å². The van der Waals surface area contributed by atoms with Gasteiger partial charge in [0.15, 0.2) is 0 Å². The fraction of sp³-hybridized carbons (Fsp3) is 0.323. The van der Waals surface area contributed by atoms with Crippen molar-refractivity contribution in [2.45, 2.75) is 53.0 Å². The molecule has 4 aromatic rings. The highest BCUT2D eigenvalue weighted by atomic mass is 16.5. The molecule has 0 radical (unpaired) electrons. The van der Waals surface area contributed by atoms with Crippen LogP contribution in [0, 0.1) is 19.8 Å². The van der Waals surface area contributed by atoms with Gasteiger partial charge < -0.3 is 4.74 Å². The highest BCUT2D eigenvalue weighted by molar-refractivity contribution is 5.41. The molecule has 0 fully saturated rings. The van der Waals surface area contributed by atoms with Crippen LogP contribution in [0.5, 0.6) is 5.75 Å². The third-order valence-electron chi connectivity index (χ3n) is 6.18. The number of benzene rings is 3. The second-order valence-corrected chi connectivity index (χ2v) is 9.87. The highest BCUT2D eigenvalue weighted by Gasteiger charge is 2.17. The third kappa shape index (κ3) is 6.60. The molecular formula is C31H36N2O. The summed E-state index contributed by atoms with van der Waals surface area (Å²) in [5.41, 5.74) is 7.72. The fourth-order valence-corrected chi connectivity index (χ4v) is 4.68. The van der Waals surface area contributed by atoms with Gasteiger partial charge in [-0.15, -0.1) is 0 Å². The van der Waals surface area contributed by atoms with Crippen molar-refractivity contribution in [2.75, 3.05) is 6.61 Å². The van der Waals surface area contributed by atoms with E-state index in [4.69, 9.17) is 4.74 Å². The lowest BCUT2D eigenvalue weighted by Gasteiger charge is -2.22. The van der Waals surface area contributed by atoms with Crippen LogP contribution in [0.25, 0.3) is 0 Å². The molecule has 3 nitrogen and oxygen atoms in total. The standard InChI is InChI=1S/C31H36N2O/c1-23(2)15-30(29-17-24(3)16-25(4)18-29)22-34-31-20-27(21-33-14-8-13-32-33)11-12-28(31)19-26-9-6-5-7-10-26/h5-14,16-18,20,23,30H,15,19,21-22H2,1-4H3. The average Bonchev–Trinajstić information content (AvgIpc) is 3.31. The summed E-state index contributed by atoms with van der Waals surface area (Å²) in [5, 5.41) is 4.37. The molecule has 1 heterocycles. The molecule has 0 saturated heterocycles. The van der Waals surface area contributed by atoms with Crippen molar-refractivity contribution in [3.8, 4) is 5.75 Å². The van der Waals surface area contributed by atoms with Gasteiger partial charge in [-0.25, -0.2) is 0 Å². The van der Waals surface area contributed by atoms with Crippen molar-refractivity contribution in [1.82, 2.24) is 9.78 Å². The Balaban J connectivity index is 1.60. The summed E-state index contributed by atoms with van der Waals surface area (Å²) in [6, 6.07) is 26.1. The van der Waals surface area contributed by atoms with Gasteiger partial charge in [0.2, 0.25) is 0 Å². The third-order valence-corrected chi connectivity index (χ3v) is 6.18. The molecule has 3 heteroatoms. The predicted molar refractivity (Wildman–Crippen MR) is 141 cm³/mol. The summed E-state index contributed by atoms with van der Waals surface area (Å²) in [5.74, 6) is 1.94. The van der Waals surface area contributed by atoms with Crippen LogP contribution in [-0.4, -0.2) is 16.4 Å². The molecule has 1 aromatic heterocycles. The van der Waals surface area contributed by atoms with Gasteiger partial charge in [0, 0.05) is 24.7 Å². The molecule has 0 amide bonds. The lowest BCUT2D eigenvalue weighted by molar-refractivity contribution is 0.268. The van der Waals surface area contributed by atoms with Crippen molar-refractivity contribution in [2.24, 2.45) is 5.92 Å². The first-order chi connectivity index (χ1) is 16.5. The van der Waals surface area contributed by atoms with Crippen LogP contribution in [0.4, 0.5) is 0 Å². The van der Waals surface area contributed by atoms with Gasteiger partial charge in [-0.2, -0.15) is 5.10 Å². The van der Waals surface area contributed by atoms with Crippen LogP contribution in [0.2, 0.25) is 0 Å². The maximum atomic E-state index is 6.64. The summed E-state index contributed by atoms with van der Waals surface area (Å²) in [4.78, 5) is 0. The molecule has 0 saturated carbocycles. The number of hydrogen-bond acceptors (Lipinski definition) is 2. The second-order valence-electron chi connectivity index (χ2n) is 9.87. The molecule has 1 atom stereocenters. The molecule has 0 aliphatic rings. The van der Waals surface area contributed by atoms with E-state index in [1.807, 2.05) is 23.1 Å². The summed E-state index contributed by atoms with van der Waals surface area (Å²) >= 11 is 0. The average molecular weight is 453 g/mol. The first-order valence-electron chi connectivity index (χ1n) is 12.3. The van der Waals surface area contributed by atoms with E-state index in [1.54, 1.807) is 0 Å². The number of nitrogens with zero attached hydrogens (tertiary/aromatic N) is 2. The molecule has 0 spiro atoms. The van der Waals surface area contributed by atoms with Crippen LogP contribution < -0.4 is 4.74 Å². The number of ether oxygens (including phenoxy) is 1. The Labute approximate surface area is 204 Å². The molecule has 3 aromatic carbocycles. The van der Waals surface area contributed by atoms with Crippen molar-refractivity contribution in [3.63, 3.8) is 0 Å². The van der Waals surface area contributed by atoms with E-state index in [-0.39, 0.29) is 0 Å². The van der Waals surface area contributed by atoms with Crippen LogP contribution >= 0.6 is 0 Å². The van der Waals surface area contributed by atoms with E-state index < -0.39 is 0 Å². The predicted octanol–water partition coefficient (Wildman–Crippen LogP) is 7.35. The minimum Gasteiger partial charge on any atom is -0.493 e. The smallest absolute Gasteiger partial charge is 0.123 e. The van der Waals surface area contributed by atoms with Gasteiger partial charge in [0.1, 0.15) is 5.75 Å². The monoisotopic (exact) mass is 452 g/mol. The van der Waals surface area contributed by atoms with Gasteiger partial charge in [0.25, 0.3) is 0 Å². The molecule has 176 valence electrons. The van der Waals surface area contributed by atoms with Crippen LogP contribution in [0.1, 0.15) is 59.6 Å². The summed E-state index contributed by atoms with van der Waals surface area (Å²) in [6.07, 6.45) is 5.78. The van der Waals surface area contributed by atoms with Gasteiger partial charge in [-0.3, -0.25) is 4.68 Å². The lowest BCUT2D eigenvalue weighted by Crippen LogP contribution is -2.14. The maximum absolute atomic E-state index is 6.64. The molecule has 4 rings (SSSR count). The zero-order chi connectivity index (χ0) is 23.9.